The summed E-state index contributed by atoms with van der Waals surface area (Å²) < 4.78 is 11.8. The highest BCUT2D eigenvalue weighted by Gasteiger charge is 2.11. The molecule has 1 heterocycles. The molecule has 0 radical (unpaired) electrons. The molecule has 29 heavy (non-hydrogen) atoms. The van der Waals surface area contributed by atoms with Crippen molar-refractivity contribution in [1.29, 1.82) is 0 Å². The predicted molar refractivity (Wildman–Crippen MR) is 114 cm³/mol. The van der Waals surface area contributed by atoms with Crippen molar-refractivity contribution < 1.29 is 9.47 Å². The fourth-order valence-corrected chi connectivity index (χ4v) is 3.11. The van der Waals surface area contributed by atoms with Crippen LogP contribution in [0.2, 0.25) is 0 Å². The second-order valence-electron chi connectivity index (χ2n) is 6.80. The summed E-state index contributed by atoms with van der Waals surface area (Å²) in [5, 5.41) is 0.569. The molecule has 0 unspecified atom stereocenters. The van der Waals surface area contributed by atoms with Crippen LogP contribution in [0.3, 0.4) is 0 Å². The number of aryl methyl sites for hydroxylation is 1. The van der Waals surface area contributed by atoms with Gasteiger partial charge in [0.1, 0.15) is 12.4 Å². The third-order valence-corrected chi connectivity index (χ3v) is 4.64. The maximum absolute atomic E-state index is 12.4. The second-order valence-corrected chi connectivity index (χ2v) is 6.80. The Labute approximate surface area is 169 Å². The topological polar surface area (TPSA) is 64.2 Å². The van der Waals surface area contributed by atoms with Gasteiger partial charge in [0, 0.05) is 5.56 Å². The van der Waals surface area contributed by atoms with Gasteiger partial charge in [-0.3, -0.25) is 4.79 Å². The zero-order valence-electron chi connectivity index (χ0n) is 16.4. The molecule has 0 aliphatic rings. The van der Waals surface area contributed by atoms with Crippen LogP contribution in [0, 0.1) is 6.92 Å². The first-order chi connectivity index (χ1) is 14.1. The highest BCUT2D eigenvalue weighted by Crippen LogP contribution is 2.32. The molecule has 0 saturated heterocycles. The first-order valence-electron chi connectivity index (χ1n) is 9.58. The Hall–Kier alpha value is -3.60. The Balaban J connectivity index is 1.65. The number of hydrogen-bond donors (Lipinski definition) is 1. The van der Waals surface area contributed by atoms with Gasteiger partial charge in [-0.25, -0.2) is 4.98 Å². The number of para-hydroxylation sites is 1. The quantitative estimate of drug-likeness (QED) is 0.513. The molecule has 0 atom stereocenters. The monoisotopic (exact) mass is 386 g/mol. The molecule has 146 valence electrons. The minimum atomic E-state index is -0.164. The Morgan fingerprint density at radius 3 is 2.52 bits per heavy atom. The third-order valence-electron chi connectivity index (χ3n) is 4.64. The van der Waals surface area contributed by atoms with E-state index in [2.05, 4.69) is 29.0 Å². The summed E-state index contributed by atoms with van der Waals surface area (Å²) in [5.41, 5.74) is 3.55. The van der Waals surface area contributed by atoms with E-state index >= 15 is 0 Å². The van der Waals surface area contributed by atoms with Crippen molar-refractivity contribution in [2.45, 2.75) is 20.5 Å². The van der Waals surface area contributed by atoms with E-state index in [1.54, 1.807) is 6.07 Å². The van der Waals surface area contributed by atoms with Gasteiger partial charge < -0.3 is 14.5 Å². The number of ether oxygens (including phenoxy) is 2. The molecule has 0 spiro atoms. The Kier molecular flexibility index (Phi) is 5.29. The fourth-order valence-electron chi connectivity index (χ4n) is 3.11. The summed E-state index contributed by atoms with van der Waals surface area (Å²) in [6.07, 6.45) is 0. The molecular weight excluding hydrogens is 364 g/mol. The van der Waals surface area contributed by atoms with E-state index in [1.807, 2.05) is 55.5 Å². The van der Waals surface area contributed by atoms with Crippen molar-refractivity contribution >= 4 is 10.9 Å². The normalized spacial score (nSPS) is 10.8. The standard InChI is InChI=1S/C24H22N2O3/c1-3-28-22-14-18(23-25-20-7-5-4-6-19(20)24(27)26-23)12-13-21(22)29-15-17-10-8-16(2)9-11-17/h4-14H,3,15H2,1-2H3,(H,25,26,27). The van der Waals surface area contributed by atoms with Gasteiger partial charge >= 0.3 is 0 Å². The molecule has 1 aromatic heterocycles. The van der Waals surface area contributed by atoms with Crippen LogP contribution < -0.4 is 15.0 Å². The minimum Gasteiger partial charge on any atom is -0.490 e. The zero-order valence-corrected chi connectivity index (χ0v) is 16.4. The van der Waals surface area contributed by atoms with Gasteiger partial charge in [0.25, 0.3) is 5.56 Å². The van der Waals surface area contributed by atoms with E-state index in [4.69, 9.17) is 9.47 Å². The number of aromatic nitrogens is 2. The SMILES string of the molecule is CCOc1cc(-c2nc3ccccc3c(=O)[nH]2)ccc1OCc1ccc(C)cc1. The first-order valence-corrected chi connectivity index (χ1v) is 9.58. The minimum absolute atomic E-state index is 0.164. The van der Waals surface area contributed by atoms with E-state index in [-0.39, 0.29) is 5.56 Å². The van der Waals surface area contributed by atoms with Gasteiger partial charge in [0.15, 0.2) is 11.5 Å². The average molecular weight is 386 g/mol. The van der Waals surface area contributed by atoms with Crippen molar-refractivity contribution in [3.05, 3.63) is 88.2 Å². The third kappa shape index (κ3) is 4.14. The van der Waals surface area contributed by atoms with Gasteiger partial charge in [-0.15, -0.1) is 0 Å². The smallest absolute Gasteiger partial charge is 0.259 e. The van der Waals surface area contributed by atoms with Crippen LogP contribution in [0.5, 0.6) is 11.5 Å². The Morgan fingerprint density at radius 2 is 1.72 bits per heavy atom. The second kappa shape index (κ2) is 8.19. The van der Waals surface area contributed by atoms with E-state index < -0.39 is 0 Å². The van der Waals surface area contributed by atoms with Crippen LogP contribution in [-0.2, 0) is 6.61 Å². The van der Waals surface area contributed by atoms with E-state index in [0.717, 1.165) is 11.1 Å². The molecule has 5 heteroatoms. The molecule has 0 fully saturated rings. The molecule has 4 rings (SSSR count). The molecule has 0 bridgehead atoms. The average Bonchev–Trinajstić information content (AvgIpc) is 2.74. The first kappa shape index (κ1) is 18.7. The van der Waals surface area contributed by atoms with Gasteiger partial charge in [0.05, 0.1) is 17.5 Å². The number of benzene rings is 3. The lowest BCUT2D eigenvalue weighted by Gasteiger charge is -2.13. The maximum atomic E-state index is 12.4. The largest absolute Gasteiger partial charge is 0.490 e. The number of nitrogens with one attached hydrogen (secondary N) is 1. The van der Waals surface area contributed by atoms with E-state index in [9.17, 15) is 4.79 Å². The Bertz CT molecular complexity index is 1200. The molecule has 3 aromatic carbocycles. The molecule has 5 nitrogen and oxygen atoms in total. The van der Waals surface area contributed by atoms with Crippen LogP contribution in [-0.4, -0.2) is 16.6 Å². The van der Waals surface area contributed by atoms with Crippen LogP contribution in [0.1, 0.15) is 18.1 Å². The highest BCUT2D eigenvalue weighted by atomic mass is 16.5. The lowest BCUT2D eigenvalue weighted by Crippen LogP contribution is -2.09. The lowest BCUT2D eigenvalue weighted by molar-refractivity contribution is 0.269. The molecule has 0 aliphatic carbocycles. The summed E-state index contributed by atoms with van der Waals surface area (Å²) in [6, 6.07) is 21.1. The van der Waals surface area contributed by atoms with Crippen molar-refractivity contribution in [3.63, 3.8) is 0 Å². The van der Waals surface area contributed by atoms with Crippen molar-refractivity contribution in [2.24, 2.45) is 0 Å². The lowest BCUT2D eigenvalue weighted by atomic mass is 10.1. The molecular formula is C24H22N2O3. The van der Waals surface area contributed by atoms with E-state index in [1.165, 1.54) is 5.56 Å². The zero-order chi connectivity index (χ0) is 20.2. The molecule has 0 amide bonds. The summed E-state index contributed by atoms with van der Waals surface area (Å²) in [6.45, 7) is 4.94. The van der Waals surface area contributed by atoms with Gasteiger partial charge in [-0.2, -0.15) is 0 Å². The van der Waals surface area contributed by atoms with Crippen molar-refractivity contribution in [3.8, 4) is 22.9 Å². The fraction of sp³-hybridized carbons (Fsp3) is 0.167. The summed E-state index contributed by atoms with van der Waals surface area (Å²) >= 11 is 0. The number of hydrogen-bond acceptors (Lipinski definition) is 4. The van der Waals surface area contributed by atoms with Gasteiger partial charge in [0.2, 0.25) is 0 Å². The molecule has 1 N–H and O–H groups in total. The van der Waals surface area contributed by atoms with Crippen LogP contribution in [0.15, 0.2) is 71.5 Å². The number of rotatable bonds is 6. The van der Waals surface area contributed by atoms with E-state index in [0.29, 0.717) is 41.4 Å². The van der Waals surface area contributed by atoms with Crippen molar-refractivity contribution in [1.82, 2.24) is 9.97 Å². The van der Waals surface area contributed by atoms with Gasteiger partial charge in [-0.1, -0.05) is 42.0 Å². The van der Waals surface area contributed by atoms with Crippen LogP contribution in [0.25, 0.3) is 22.3 Å². The number of fused-ring (bicyclic) bond motifs is 1. The Morgan fingerprint density at radius 1 is 0.931 bits per heavy atom. The summed E-state index contributed by atoms with van der Waals surface area (Å²) in [7, 11) is 0. The summed E-state index contributed by atoms with van der Waals surface area (Å²) in [4.78, 5) is 19.8. The summed E-state index contributed by atoms with van der Waals surface area (Å²) in [5.74, 6) is 1.77. The maximum Gasteiger partial charge on any atom is 0.259 e. The number of nitrogens with zero attached hydrogens (tertiary/aromatic N) is 1. The van der Waals surface area contributed by atoms with Crippen LogP contribution >= 0.6 is 0 Å². The van der Waals surface area contributed by atoms with Crippen LogP contribution in [0.4, 0.5) is 0 Å². The highest BCUT2D eigenvalue weighted by molar-refractivity contribution is 5.79. The predicted octanol–water partition coefficient (Wildman–Crippen LogP) is 4.88. The number of H-pyrrole nitrogens is 1. The molecule has 0 aliphatic heterocycles. The number of aromatic amines is 1. The van der Waals surface area contributed by atoms with Crippen molar-refractivity contribution in [2.75, 3.05) is 6.61 Å². The molecule has 0 saturated carbocycles. The van der Waals surface area contributed by atoms with Gasteiger partial charge in [-0.05, 0) is 49.7 Å². The molecule has 4 aromatic rings.